The molecular weight excluding hydrogens is 222 g/mol. The van der Waals surface area contributed by atoms with Crippen molar-refractivity contribution < 1.29 is 19.1 Å². The second-order valence-electron chi connectivity index (χ2n) is 3.69. The molecule has 5 heteroatoms. The fourth-order valence-corrected chi connectivity index (χ4v) is 1.46. The summed E-state index contributed by atoms with van der Waals surface area (Å²) in [6.07, 6.45) is 4.98. The smallest absolute Gasteiger partial charge is 0.338 e. The van der Waals surface area contributed by atoms with E-state index in [4.69, 9.17) is 0 Å². The lowest BCUT2D eigenvalue weighted by Gasteiger charge is -2.03. The van der Waals surface area contributed by atoms with Gasteiger partial charge in [-0.3, -0.25) is 0 Å². The molecule has 0 unspecified atom stereocenters. The molecule has 0 saturated heterocycles. The number of carbonyl (C=O) groups is 2. The predicted octanol–water partition coefficient (Wildman–Crippen LogP) is 0.644. The van der Waals surface area contributed by atoms with Crippen LogP contribution < -0.4 is 0 Å². The zero-order valence-electron chi connectivity index (χ0n) is 10.3. The van der Waals surface area contributed by atoms with Crippen molar-refractivity contribution >= 4 is 11.9 Å². The Morgan fingerprint density at radius 1 is 1.06 bits per heavy atom. The van der Waals surface area contributed by atoms with Gasteiger partial charge in [-0.15, -0.1) is 0 Å². The van der Waals surface area contributed by atoms with E-state index >= 15 is 0 Å². The summed E-state index contributed by atoms with van der Waals surface area (Å²) in [6.45, 7) is 0. The van der Waals surface area contributed by atoms with Gasteiger partial charge in [0.05, 0.1) is 25.4 Å². The fraction of sp³-hybridized carbons (Fsp3) is 0.333. The van der Waals surface area contributed by atoms with Crippen LogP contribution in [-0.2, 0) is 19.1 Å². The molecular formula is C12H15NO4. The van der Waals surface area contributed by atoms with Crippen LogP contribution in [0.25, 0.3) is 0 Å². The molecule has 0 bridgehead atoms. The van der Waals surface area contributed by atoms with Crippen molar-refractivity contribution in [3.8, 4) is 0 Å². The Morgan fingerprint density at radius 3 is 1.76 bits per heavy atom. The standard InChI is InChI=1S/C12H15NO4/c1-13(2)7-8-5-9(11(14)16-3)10(6-8)12(15)17-4/h5-7H,1-4H3. The second-order valence-corrected chi connectivity index (χ2v) is 3.69. The van der Waals surface area contributed by atoms with Crippen LogP contribution in [0.15, 0.2) is 35.1 Å². The molecule has 0 amide bonds. The van der Waals surface area contributed by atoms with Crippen molar-refractivity contribution in [1.29, 1.82) is 0 Å². The number of esters is 2. The molecule has 0 saturated carbocycles. The third-order valence-corrected chi connectivity index (χ3v) is 2.13. The molecule has 0 aromatic rings. The Labute approximate surface area is 100.0 Å². The summed E-state index contributed by atoms with van der Waals surface area (Å²) >= 11 is 0. The van der Waals surface area contributed by atoms with Crippen molar-refractivity contribution in [1.82, 2.24) is 4.90 Å². The molecule has 0 aromatic heterocycles. The number of hydrogen-bond acceptors (Lipinski definition) is 5. The van der Waals surface area contributed by atoms with Crippen LogP contribution in [0.4, 0.5) is 0 Å². The van der Waals surface area contributed by atoms with Crippen LogP contribution in [0.5, 0.6) is 0 Å². The zero-order chi connectivity index (χ0) is 13.0. The van der Waals surface area contributed by atoms with E-state index in [-0.39, 0.29) is 11.1 Å². The van der Waals surface area contributed by atoms with E-state index in [1.165, 1.54) is 14.2 Å². The monoisotopic (exact) mass is 237 g/mol. The first-order chi connectivity index (χ1) is 7.99. The number of hydrogen-bond donors (Lipinski definition) is 0. The Hall–Kier alpha value is -2.04. The molecule has 0 atom stereocenters. The largest absolute Gasteiger partial charge is 0.465 e. The van der Waals surface area contributed by atoms with Gasteiger partial charge in [0.2, 0.25) is 0 Å². The summed E-state index contributed by atoms with van der Waals surface area (Å²) in [4.78, 5) is 24.8. The second kappa shape index (κ2) is 5.34. The molecule has 0 spiro atoms. The average Bonchev–Trinajstić information content (AvgIpc) is 2.69. The van der Waals surface area contributed by atoms with E-state index < -0.39 is 11.9 Å². The number of allylic oxidation sites excluding steroid dienone is 3. The Balaban J connectivity index is 3.13. The molecule has 0 radical (unpaired) electrons. The van der Waals surface area contributed by atoms with Crippen LogP contribution in [0.2, 0.25) is 0 Å². The van der Waals surface area contributed by atoms with Gasteiger partial charge in [0.1, 0.15) is 0 Å². The maximum absolute atomic E-state index is 11.5. The Kier molecular flexibility index (Phi) is 4.09. The molecule has 0 aliphatic heterocycles. The molecule has 0 N–H and O–H groups in total. The molecule has 92 valence electrons. The van der Waals surface area contributed by atoms with E-state index in [9.17, 15) is 9.59 Å². The minimum atomic E-state index is -0.552. The zero-order valence-corrected chi connectivity index (χ0v) is 10.3. The minimum absolute atomic E-state index is 0.215. The third kappa shape index (κ3) is 2.96. The quantitative estimate of drug-likeness (QED) is 0.674. The van der Waals surface area contributed by atoms with Crippen LogP contribution in [0.3, 0.4) is 0 Å². The SMILES string of the molecule is COC(=O)C1=CC(=CN(C)C)C=C1C(=O)OC. The summed E-state index contributed by atoms with van der Waals surface area (Å²) in [7, 11) is 6.24. The fourth-order valence-electron chi connectivity index (χ4n) is 1.46. The summed E-state index contributed by atoms with van der Waals surface area (Å²) in [5.74, 6) is -1.10. The molecule has 1 aliphatic rings. The average molecular weight is 237 g/mol. The first-order valence-electron chi connectivity index (χ1n) is 4.98. The van der Waals surface area contributed by atoms with Crippen molar-refractivity contribution in [2.24, 2.45) is 0 Å². The van der Waals surface area contributed by atoms with Gasteiger partial charge < -0.3 is 14.4 Å². The van der Waals surface area contributed by atoms with Gasteiger partial charge in [0.25, 0.3) is 0 Å². The van der Waals surface area contributed by atoms with Gasteiger partial charge in [-0.1, -0.05) is 0 Å². The van der Waals surface area contributed by atoms with Crippen LogP contribution in [0.1, 0.15) is 0 Å². The van der Waals surface area contributed by atoms with E-state index in [1.54, 1.807) is 18.4 Å². The highest BCUT2D eigenvalue weighted by molar-refractivity contribution is 6.09. The summed E-state index contributed by atoms with van der Waals surface area (Å²) in [6, 6.07) is 0. The van der Waals surface area contributed by atoms with Crippen molar-refractivity contribution in [2.45, 2.75) is 0 Å². The van der Waals surface area contributed by atoms with Crippen molar-refractivity contribution in [3.63, 3.8) is 0 Å². The molecule has 5 nitrogen and oxygen atoms in total. The molecule has 0 heterocycles. The van der Waals surface area contributed by atoms with Crippen molar-refractivity contribution in [3.05, 3.63) is 35.1 Å². The molecule has 1 aliphatic carbocycles. The minimum Gasteiger partial charge on any atom is -0.465 e. The first kappa shape index (κ1) is 13.0. The van der Waals surface area contributed by atoms with E-state index in [0.717, 1.165) is 5.57 Å². The van der Waals surface area contributed by atoms with E-state index in [2.05, 4.69) is 9.47 Å². The lowest BCUT2D eigenvalue weighted by Crippen LogP contribution is -2.12. The number of methoxy groups -OCH3 is 2. The highest BCUT2D eigenvalue weighted by Gasteiger charge is 2.26. The third-order valence-electron chi connectivity index (χ3n) is 2.13. The molecule has 0 aromatic carbocycles. The lowest BCUT2D eigenvalue weighted by molar-refractivity contribution is -0.139. The number of carbonyl (C=O) groups excluding carboxylic acids is 2. The Morgan fingerprint density at radius 2 is 1.47 bits per heavy atom. The van der Waals surface area contributed by atoms with Crippen LogP contribution in [-0.4, -0.2) is 45.2 Å². The van der Waals surface area contributed by atoms with E-state index in [0.29, 0.717) is 0 Å². The van der Waals surface area contributed by atoms with E-state index in [1.807, 2.05) is 19.0 Å². The lowest BCUT2D eigenvalue weighted by atomic mass is 10.1. The van der Waals surface area contributed by atoms with Gasteiger partial charge in [-0.2, -0.15) is 0 Å². The highest BCUT2D eigenvalue weighted by Crippen LogP contribution is 2.25. The van der Waals surface area contributed by atoms with Gasteiger partial charge >= 0.3 is 11.9 Å². The van der Waals surface area contributed by atoms with Gasteiger partial charge in [0, 0.05) is 20.3 Å². The number of rotatable bonds is 3. The normalized spacial score (nSPS) is 13.8. The van der Waals surface area contributed by atoms with Gasteiger partial charge in [-0.05, 0) is 17.7 Å². The summed E-state index contributed by atoms with van der Waals surface area (Å²) in [5.41, 5.74) is 1.18. The number of nitrogens with zero attached hydrogens (tertiary/aromatic N) is 1. The van der Waals surface area contributed by atoms with Crippen LogP contribution in [0, 0.1) is 0 Å². The van der Waals surface area contributed by atoms with Gasteiger partial charge in [0.15, 0.2) is 0 Å². The first-order valence-corrected chi connectivity index (χ1v) is 4.98. The number of ether oxygens (including phenoxy) is 2. The summed E-state index contributed by atoms with van der Waals surface area (Å²) < 4.78 is 9.23. The topological polar surface area (TPSA) is 55.8 Å². The predicted molar refractivity (Wildman–Crippen MR) is 62.0 cm³/mol. The maximum Gasteiger partial charge on any atom is 0.338 e. The molecule has 1 rings (SSSR count). The maximum atomic E-state index is 11.5. The molecule has 17 heavy (non-hydrogen) atoms. The Bertz CT molecular complexity index is 396. The van der Waals surface area contributed by atoms with Crippen molar-refractivity contribution in [2.75, 3.05) is 28.3 Å². The molecule has 0 fully saturated rings. The summed E-state index contributed by atoms with van der Waals surface area (Å²) in [5, 5.41) is 0. The van der Waals surface area contributed by atoms with Crippen LogP contribution >= 0.6 is 0 Å². The van der Waals surface area contributed by atoms with Gasteiger partial charge in [-0.25, -0.2) is 9.59 Å². The highest BCUT2D eigenvalue weighted by atomic mass is 16.5.